The van der Waals surface area contributed by atoms with Crippen molar-refractivity contribution in [3.63, 3.8) is 0 Å². The molecule has 1 fully saturated rings. The van der Waals surface area contributed by atoms with E-state index in [1.54, 1.807) is 6.92 Å². The maximum Gasteiger partial charge on any atom is 0.279 e. The molecule has 0 aromatic rings. The fraction of sp³-hybridized carbons (Fsp3) is 1.00. The molecule has 1 N–H and O–H groups in total. The van der Waals surface area contributed by atoms with Gasteiger partial charge < -0.3 is 0 Å². The predicted octanol–water partition coefficient (Wildman–Crippen LogP) is 0.182. The van der Waals surface area contributed by atoms with Crippen LogP contribution in [-0.4, -0.2) is 38.3 Å². The van der Waals surface area contributed by atoms with E-state index in [9.17, 15) is 17.2 Å². The lowest BCUT2D eigenvalue weighted by Gasteiger charge is -2.15. The van der Waals surface area contributed by atoms with E-state index in [2.05, 4.69) is 4.72 Å². The molecule has 1 aliphatic heterocycles. The van der Waals surface area contributed by atoms with Crippen LogP contribution in [0.5, 0.6) is 0 Å². The zero-order valence-electron chi connectivity index (χ0n) is 7.26. The molecule has 0 aromatic carbocycles. The van der Waals surface area contributed by atoms with Crippen LogP contribution in [0.2, 0.25) is 0 Å². The fourth-order valence-electron chi connectivity index (χ4n) is 1.18. The molecule has 78 valence electrons. The number of nitrogens with one attached hydrogen (secondary N) is 1. The number of halogens is 2. The van der Waals surface area contributed by atoms with Gasteiger partial charge in [-0.2, -0.15) is 12.7 Å². The van der Waals surface area contributed by atoms with E-state index >= 15 is 0 Å². The van der Waals surface area contributed by atoms with Crippen molar-refractivity contribution in [1.82, 2.24) is 9.03 Å². The zero-order chi connectivity index (χ0) is 10.1. The second kappa shape index (κ2) is 3.47. The molecular weight excluding hydrogens is 202 g/mol. The smallest absolute Gasteiger partial charge is 0.205 e. The summed E-state index contributed by atoms with van der Waals surface area (Å²) < 4.78 is 50.6. The normalized spacial score (nSPS) is 23.6. The molecule has 4 nitrogen and oxygen atoms in total. The largest absolute Gasteiger partial charge is 0.279 e. The standard InChI is InChI=1S/C6H12F2N2O2S/c1-2-9-13(11,12)10-4-3-6(7,8)5-10/h9H,2-5H2,1H3. The van der Waals surface area contributed by atoms with Crippen LogP contribution in [0.15, 0.2) is 0 Å². The van der Waals surface area contributed by atoms with Gasteiger partial charge in [0.1, 0.15) is 0 Å². The summed E-state index contributed by atoms with van der Waals surface area (Å²) in [5.74, 6) is -2.87. The molecule has 1 aliphatic rings. The molecule has 0 spiro atoms. The van der Waals surface area contributed by atoms with Crippen LogP contribution in [0, 0.1) is 0 Å². The molecule has 0 atom stereocenters. The molecule has 0 unspecified atom stereocenters. The summed E-state index contributed by atoms with van der Waals surface area (Å²) in [4.78, 5) is 0. The Labute approximate surface area is 76.1 Å². The van der Waals surface area contributed by atoms with Gasteiger partial charge in [0.05, 0.1) is 6.54 Å². The Bertz CT molecular complexity index is 278. The Kier molecular flexibility index (Phi) is 2.88. The summed E-state index contributed by atoms with van der Waals surface area (Å²) in [5, 5.41) is 0. The lowest BCUT2D eigenvalue weighted by molar-refractivity contribution is 0.0183. The third-order valence-corrected chi connectivity index (χ3v) is 3.45. The maximum absolute atomic E-state index is 12.6. The predicted molar refractivity (Wildman–Crippen MR) is 43.7 cm³/mol. The average molecular weight is 214 g/mol. The minimum Gasteiger partial charge on any atom is -0.205 e. The van der Waals surface area contributed by atoms with Crippen LogP contribution in [0.3, 0.4) is 0 Å². The number of alkyl halides is 2. The summed E-state index contributed by atoms with van der Waals surface area (Å²) in [5.41, 5.74) is 0. The van der Waals surface area contributed by atoms with Gasteiger partial charge in [-0.3, -0.25) is 0 Å². The SMILES string of the molecule is CCNS(=O)(=O)N1CCC(F)(F)C1. The molecule has 0 bridgehead atoms. The van der Waals surface area contributed by atoms with Crippen LogP contribution in [0.1, 0.15) is 13.3 Å². The first-order valence-electron chi connectivity index (χ1n) is 4.00. The van der Waals surface area contributed by atoms with Crippen molar-refractivity contribution < 1.29 is 17.2 Å². The first kappa shape index (κ1) is 10.8. The first-order chi connectivity index (χ1) is 5.87. The number of hydrogen-bond donors (Lipinski definition) is 1. The van der Waals surface area contributed by atoms with Gasteiger partial charge >= 0.3 is 0 Å². The van der Waals surface area contributed by atoms with Gasteiger partial charge in [0, 0.05) is 19.5 Å². The van der Waals surface area contributed by atoms with Crippen LogP contribution in [0.25, 0.3) is 0 Å². The third kappa shape index (κ3) is 2.58. The monoisotopic (exact) mass is 214 g/mol. The average Bonchev–Trinajstić information content (AvgIpc) is 2.30. The van der Waals surface area contributed by atoms with Crippen LogP contribution in [0.4, 0.5) is 8.78 Å². The number of rotatable bonds is 3. The van der Waals surface area contributed by atoms with Crippen molar-refractivity contribution in [3.8, 4) is 0 Å². The highest BCUT2D eigenvalue weighted by molar-refractivity contribution is 7.87. The minimum absolute atomic E-state index is 0.109. The molecular formula is C6H12F2N2O2S. The molecule has 0 radical (unpaired) electrons. The molecule has 1 heterocycles. The molecule has 1 saturated heterocycles. The maximum atomic E-state index is 12.6. The summed E-state index contributed by atoms with van der Waals surface area (Å²) in [6, 6.07) is 0. The lowest BCUT2D eigenvalue weighted by Crippen LogP contribution is -2.40. The molecule has 0 aromatic heterocycles. The van der Waals surface area contributed by atoms with E-state index in [0.29, 0.717) is 0 Å². The van der Waals surface area contributed by atoms with Crippen molar-refractivity contribution in [2.24, 2.45) is 0 Å². The molecule has 0 saturated carbocycles. The van der Waals surface area contributed by atoms with Crippen molar-refractivity contribution in [3.05, 3.63) is 0 Å². The van der Waals surface area contributed by atoms with Gasteiger partial charge in [-0.15, -0.1) is 0 Å². The fourth-order valence-corrected chi connectivity index (χ4v) is 2.42. The second-order valence-corrected chi connectivity index (χ2v) is 4.70. The van der Waals surface area contributed by atoms with E-state index in [4.69, 9.17) is 0 Å². The van der Waals surface area contributed by atoms with Crippen molar-refractivity contribution in [2.75, 3.05) is 19.6 Å². The van der Waals surface area contributed by atoms with E-state index in [1.807, 2.05) is 0 Å². The number of nitrogens with zero attached hydrogens (tertiary/aromatic N) is 1. The Hall–Kier alpha value is -0.270. The lowest BCUT2D eigenvalue weighted by atomic mass is 10.3. The van der Waals surface area contributed by atoms with Gasteiger partial charge in [-0.1, -0.05) is 6.92 Å². The van der Waals surface area contributed by atoms with E-state index in [-0.39, 0.29) is 13.1 Å². The van der Waals surface area contributed by atoms with Crippen LogP contribution >= 0.6 is 0 Å². The Morgan fingerprint density at radius 1 is 1.54 bits per heavy atom. The third-order valence-electron chi connectivity index (χ3n) is 1.80. The summed E-state index contributed by atoms with van der Waals surface area (Å²) in [7, 11) is -3.68. The van der Waals surface area contributed by atoms with Crippen molar-refractivity contribution >= 4 is 10.2 Å². The summed E-state index contributed by atoms with van der Waals surface area (Å²) in [6.07, 6.45) is -0.391. The highest BCUT2D eigenvalue weighted by atomic mass is 32.2. The Balaban J connectivity index is 2.66. The van der Waals surface area contributed by atoms with Crippen LogP contribution in [-0.2, 0) is 10.2 Å². The van der Waals surface area contributed by atoms with E-state index in [1.165, 1.54) is 0 Å². The van der Waals surface area contributed by atoms with Crippen LogP contribution < -0.4 is 4.72 Å². The van der Waals surface area contributed by atoms with Gasteiger partial charge in [0.15, 0.2) is 0 Å². The molecule has 13 heavy (non-hydrogen) atoms. The number of hydrogen-bond acceptors (Lipinski definition) is 2. The Morgan fingerprint density at radius 2 is 2.15 bits per heavy atom. The first-order valence-corrected chi connectivity index (χ1v) is 5.44. The van der Waals surface area contributed by atoms with Crippen molar-refractivity contribution in [2.45, 2.75) is 19.3 Å². The van der Waals surface area contributed by atoms with Gasteiger partial charge in [0.2, 0.25) is 0 Å². The van der Waals surface area contributed by atoms with Gasteiger partial charge in [0.25, 0.3) is 16.1 Å². The highest BCUT2D eigenvalue weighted by Gasteiger charge is 2.42. The molecule has 7 heteroatoms. The highest BCUT2D eigenvalue weighted by Crippen LogP contribution is 2.27. The van der Waals surface area contributed by atoms with E-state index < -0.39 is 29.1 Å². The Morgan fingerprint density at radius 3 is 2.54 bits per heavy atom. The zero-order valence-corrected chi connectivity index (χ0v) is 8.07. The van der Waals surface area contributed by atoms with Gasteiger partial charge in [-0.05, 0) is 0 Å². The minimum atomic E-state index is -3.68. The second-order valence-electron chi connectivity index (χ2n) is 2.94. The van der Waals surface area contributed by atoms with Gasteiger partial charge in [-0.25, -0.2) is 13.5 Å². The molecule has 1 rings (SSSR count). The molecule has 0 amide bonds. The summed E-state index contributed by atoms with van der Waals surface area (Å²) in [6.45, 7) is 1.00. The topological polar surface area (TPSA) is 49.4 Å². The van der Waals surface area contributed by atoms with Crippen molar-refractivity contribution in [1.29, 1.82) is 0 Å². The quantitative estimate of drug-likeness (QED) is 0.728. The van der Waals surface area contributed by atoms with E-state index in [0.717, 1.165) is 4.31 Å². The molecule has 0 aliphatic carbocycles. The summed E-state index contributed by atoms with van der Waals surface area (Å²) >= 11 is 0.